The Kier molecular flexibility index (Phi) is 2.73. The van der Waals surface area contributed by atoms with E-state index in [4.69, 9.17) is 0 Å². The van der Waals surface area contributed by atoms with Crippen molar-refractivity contribution in [3.05, 3.63) is 42.5 Å². The summed E-state index contributed by atoms with van der Waals surface area (Å²) in [4.78, 5) is 16.9. The number of anilines is 1. The molecule has 1 aliphatic rings. The number of aromatic amines is 1. The van der Waals surface area contributed by atoms with Crippen molar-refractivity contribution in [1.82, 2.24) is 19.7 Å². The second-order valence-corrected chi connectivity index (χ2v) is 5.35. The normalized spacial score (nSPS) is 14.5. The van der Waals surface area contributed by atoms with Crippen molar-refractivity contribution in [1.29, 1.82) is 0 Å². The fourth-order valence-electron chi connectivity index (χ4n) is 2.58. The minimum absolute atomic E-state index is 0.0681. The van der Waals surface area contributed by atoms with Crippen molar-refractivity contribution in [2.24, 2.45) is 0 Å². The highest BCUT2D eigenvalue weighted by molar-refractivity contribution is 5.91. The first-order valence-corrected chi connectivity index (χ1v) is 7.05. The molecule has 1 aromatic carbocycles. The number of nitrogens with zero attached hydrogens (tertiary/aromatic N) is 3. The molecule has 106 valence electrons. The van der Waals surface area contributed by atoms with Crippen LogP contribution in [0.5, 0.6) is 0 Å². The van der Waals surface area contributed by atoms with Gasteiger partial charge in [-0.15, -0.1) is 0 Å². The number of carbonyl (C=O) groups is 1. The van der Waals surface area contributed by atoms with Gasteiger partial charge in [-0.3, -0.25) is 9.89 Å². The van der Waals surface area contributed by atoms with Gasteiger partial charge in [0, 0.05) is 12.1 Å². The third kappa shape index (κ3) is 2.29. The van der Waals surface area contributed by atoms with E-state index >= 15 is 0 Å². The average molecular weight is 281 g/mol. The molecule has 4 rings (SSSR count). The lowest BCUT2D eigenvalue weighted by molar-refractivity contribution is -0.116. The molecular formula is C15H15N5O. The zero-order valence-corrected chi connectivity index (χ0v) is 11.4. The van der Waals surface area contributed by atoms with Crippen molar-refractivity contribution >= 4 is 22.6 Å². The maximum Gasteiger partial charge on any atom is 0.244 e. The molecule has 0 unspecified atom stereocenters. The van der Waals surface area contributed by atoms with E-state index in [0.29, 0.717) is 11.6 Å². The van der Waals surface area contributed by atoms with Gasteiger partial charge in [0.1, 0.15) is 12.4 Å². The number of H-pyrrole nitrogens is 1. The standard InChI is InChI=1S/C15H15N5O/c21-14(18-11-7-16-17-8-11)9-20-13-4-2-1-3-12(13)19-15(20)10-5-6-10/h1-4,7-8,10H,5-6,9H2,(H,16,17)(H,18,21). The Balaban J connectivity index is 1.65. The van der Waals surface area contributed by atoms with Crippen LogP contribution in [0.1, 0.15) is 24.6 Å². The number of benzene rings is 1. The zero-order chi connectivity index (χ0) is 14.2. The molecule has 1 saturated carbocycles. The molecule has 0 aliphatic heterocycles. The summed E-state index contributed by atoms with van der Waals surface area (Å²) in [7, 11) is 0. The van der Waals surface area contributed by atoms with Crippen LogP contribution in [0, 0.1) is 0 Å². The van der Waals surface area contributed by atoms with Crippen molar-refractivity contribution < 1.29 is 4.79 Å². The van der Waals surface area contributed by atoms with Crippen LogP contribution in [0.4, 0.5) is 5.69 Å². The number of amides is 1. The van der Waals surface area contributed by atoms with E-state index in [-0.39, 0.29) is 12.5 Å². The summed E-state index contributed by atoms with van der Waals surface area (Å²) in [6.07, 6.45) is 5.57. The van der Waals surface area contributed by atoms with Crippen LogP contribution < -0.4 is 5.32 Å². The van der Waals surface area contributed by atoms with Crippen LogP contribution in [-0.2, 0) is 11.3 Å². The van der Waals surface area contributed by atoms with Gasteiger partial charge in [0.25, 0.3) is 0 Å². The van der Waals surface area contributed by atoms with Crippen LogP contribution >= 0.6 is 0 Å². The monoisotopic (exact) mass is 281 g/mol. The predicted molar refractivity (Wildman–Crippen MR) is 78.9 cm³/mol. The molecular weight excluding hydrogens is 266 g/mol. The van der Waals surface area contributed by atoms with Gasteiger partial charge in [0.15, 0.2) is 0 Å². The maximum absolute atomic E-state index is 12.2. The molecule has 0 bridgehead atoms. The third-order valence-corrected chi connectivity index (χ3v) is 3.71. The first-order chi connectivity index (χ1) is 10.3. The van der Waals surface area contributed by atoms with E-state index in [2.05, 4.69) is 20.5 Å². The Bertz CT molecular complexity index is 786. The maximum atomic E-state index is 12.2. The number of aromatic nitrogens is 4. The van der Waals surface area contributed by atoms with Gasteiger partial charge >= 0.3 is 0 Å². The fourth-order valence-corrected chi connectivity index (χ4v) is 2.58. The molecule has 0 saturated heterocycles. The Morgan fingerprint density at radius 3 is 3.00 bits per heavy atom. The molecule has 3 aromatic rings. The van der Waals surface area contributed by atoms with E-state index in [1.165, 1.54) is 0 Å². The summed E-state index contributed by atoms with van der Waals surface area (Å²) in [5.41, 5.74) is 2.65. The molecule has 2 aromatic heterocycles. The van der Waals surface area contributed by atoms with Crippen molar-refractivity contribution in [3.63, 3.8) is 0 Å². The van der Waals surface area contributed by atoms with Gasteiger partial charge in [0.2, 0.25) is 5.91 Å². The highest BCUT2D eigenvalue weighted by atomic mass is 16.1. The lowest BCUT2D eigenvalue weighted by Gasteiger charge is -2.08. The molecule has 21 heavy (non-hydrogen) atoms. The molecule has 6 heteroatoms. The number of hydrogen-bond acceptors (Lipinski definition) is 3. The van der Waals surface area contributed by atoms with E-state index in [1.807, 2.05) is 28.8 Å². The van der Waals surface area contributed by atoms with Crippen molar-refractivity contribution in [2.75, 3.05) is 5.32 Å². The lowest BCUT2D eigenvalue weighted by Crippen LogP contribution is -2.19. The van der Waals surface area contributed by atoms with Gasteiger partial charge in [-0.25, -0.2) is 4.98 Å². The molecule has 1 aliphatic carbocycles. The summed E-state index contributed by atoms with van der Waals surface area (Å²) in [6.45, 7) is 0.275. The summed E-state index contributed by atoms with van der Waals surface area (Å²) >= 11 is 0. The van der Waals surface area contributed by atoms with Gasteiger partial charge < -0.3 is 9.88 Å². The van der Waals surface area contributed by atoms with Crippen LogP contribution in [0.15, 0.2) is 36.7 Å². The van der Waals surface area contributed by atoms with Crippen molar-refractivity contribution in [3.8, 4) is 0 Å². The number of fused-ring (bicyclic) bond motifs is 1. The number of hydrogen-bond donors (Lipinski definition) is 2. The molecule has 2 heterocycles. The van der Waals surface area contributed by atoms with Gasteiger partial charge in [-0.05, 0) is 25.0 Å². The molecule has 0 atom stereocenters. The number of imidazole rings is 1. The van der Waals surface area contributed by atoms with Gasteiger partial charge in [0.05, 0.1) is 22.9 Å². The topological polar surface area (TPSA) is 75.6 Å². The molecule has 1 amide bonds. The second kappa shape index (κ2) is 4.73. The molecule has 2 N–H and O–H groups in total. The zero-order valence-electron chi connectivity index (χ0n) is 11.4. The number of para-hydroxylation sites is 2. The van der Waals surface area contributed by atoms with Gasteiger partial charge in [-0.2, -0.15) is 5.10 Å². The fraction of sp³-hybridized carbons (Fsp3) is 0.267. The predicted octanol–water partition coefficient (Wildman–Crippen LogP) is 2.28. The number of rotatable bonds is 4. The number of carbonyl (C=O) groups excluding carboxylic acids is 1. The molecule has 1 fully saturated rings. The summed E-state index contributed by atoms with van der Waals surface area (Å²) in [6, 6.07) is 7.96. The van der Waals surface area contributed by atoms with Gasteiger partial charge in [-0.1, -0.05) is 12.1 Å². The molecule has 6 nitrogen and oxygen atoms in total. The molecule has 0 radical (unpaired) electrons. The highest BCUT2D eigenvalue weighted by Crippen LogP contribution is 2.40. The minimum Gasteiger partial charge on any atom is -0.322 e. The molecule has 0 spiro atoms. The Morgan fingerprint density at radius 2 is 2.24 bits per heavy atom. The largest absolute Gasteiger partial charge is 0.322 e. The van der Waals surface area contributed by atoms with E-state index in [1.54, 1.807) is 12.4 Å². The second-order valence-electron chi connectivity index (χ2n) is 5.35. The Morgan fingerprint density at radius 1 is 1.38 bits per heavy atom. The first-order valence-electron chi connectivity index (χ1n) is 7.05. The number of nitrogens with one attached hydrogen (secondary N) is 2. The summed E-state index contributed by atoms with van der Waals surface area (Å²) < 4.78 is 2.03. The van der Waals surface area contributed by atoms with E-state index < -0.39 is 0 Å². The van der Waals surface area contributed by atoms with E-state index in [9.17, 15) is 4.79 Å². The quantitative estimate of drug-likeness (QED) is 0.770. The third-order valence-electron chi connectivity index (χ3n) is 3.71. The lowest BCUT2D eigenvalue weighted by atomic mass is 10.3. The summed E-state index contributed by atoms with van der Waals surface area (Å²) in [5, 5.41) is 9.33. The minimum atomic E-state index is -0.0681. The highest BCUT2D eigenvalue weighted by Gasteiger charge is 2.30. The smallest absolute Gasteiger partial charge is 0.244 e. The first kappa shape index (κ1) is 12.1. The summed E-state index contributed by atoms with van der Waals surface area (Å²) in [5.74, 6) is 1.46. The van der Waals surface area contributed by atoms with Crippen LogP contribution in [-0.4, -0.2) is 25.7 Å². The van der Waals surface area contributed by atoms with Crippen LogP contribution in [0.3, 0.4) is 0 Å². The van der Waals surface area contributed by atoms with Crippen molar-refractivity contribution in [2.45, 2.75) is 25.3 Å². The Labute approximate surface area is 121 Å². The average Bonchev–Trinajstić information content (AvgIpc) is 3.09. The Hall–Kier alpha value is -2.63. The van der Waals surface area contributed by atoms with Crippen LogP contribution in [0.2, 0.25) is 0 Å². The SMILES string of the molecule is O=C(Cn1c(C2CC2)nc2ccccc21)Nc1cn[nH]c1. The van der Waals surface area contributed by atoms with E-state index in [0.717, 1.165) is 29.7 Å². The van der Waals surface area contributed by atoms with Crippen LogP contribution in [0.25, 0.3) is 11.0 Å².